The smallest absolute Gasteiger partial charge is 0.00674 e. The number of likely N-dealkylation sites (tertiary alicyclic amines) is 1. The fourth-order valence-electron chi connectivity index (χ4n) is 2.68. The first-order valence-corrected chi connectivity index (χ1v) is 6.55. The number of hydrogen-bond donors (Lipinski definition) is 0. The molecule has 1 nitrogen and oxygen atoms in total. The second-order valence-corrected chi connectivity index (χ2v) is 5.12. The van der Waals surface area contributed by atoms with E-state index in [1.165, 1.54) is 49.9 Å². The van der Waals surface area contributed by atoms with E-state index < -0.39 is 0 Å². The monoisotopic (exact) mass is 217 g/mol. The molecule has 1 aromatic rings. The van der Waals surface area contributed by atoms with Crippen molar-refractivity contribution >= 4 is 0 Å². The Balaban J connectivity index is 1.75. The van der Waals surface area contributed by atoms with E-state index in [1.54, 1.807) is 0 Å². The Morgan fingerprint density at radius 2 is 2.25 bits per heavy atom. The lowest BCUT2D eigenvalue weighted by Crippen LogP contribution is -2.28. The minimum absolute atomic E-state index is 0.817. The van der Waals surface area contributed by atoms with Gasteiger partial charge < -0.3 is 4.90 Å². The van der Waals surface area contributed by atoms with Crippen molar-refractivity contribution in [3.63, 3.8) is 0 Å². The van der Waals surface area contributed by atoms with Gasteiger partial charge in [0.1, 0.15) is 0 Å². The average molecular weight is 217 g/mol. The van der Waals surface area contributed by atoms with Gasteiger partial charge in [-0.25, -0.2) is 0 Å². The zero-order chi connectivity index (χ0) is 11.4. The average Bonchev–Trinajstić information content (AvgIpc) is 2.65. The zero-order valence-corrected chi connectivity index (χ0v) is 10.6. The molecular weight excluding hydrogens is 194 g/mol. The van der Waals surface area contributed by atoms with E-state index in [-0.39, 0.29) is 0 Å². The molecule has 0 aromatic heterocycles. The molecule has 0 unspecified atom stereocenters. The molecule has 1 fully saturated rings. The van der Waals surface area contributed by atoms with Gasteiger partial charge in [-0.15, -0.1) is 0 Å². The maximum atomic E-state index is 2.63. The van der Waals surface area contributed by atoms with Crippen LogP contribution in [0.15, 0.2) is 24.3 Å². The van der Waals surface area contributed by atoms with Crippen LogP contribution in [0.5, 0.6) is 0 Å². The summed E-state index contributed by atoms with van der Waals surface area (Å²) < 4.78 is 0. The van der Waals surface area contributed by atoms with E-state index in [2.05, 4.69) is 43.0 Å². The summed E-state index contributed by atoms with van der Waals surface area (Å²) in [6.45, 7) is 7.12. The van der Waals surface area contributed by atoms with E-state index in [4.69, 9.17) is 0 Å². The zero-order valence-electron chi connectivity index (χ0n) is 10.6. The minimum Gasteiger partial charge on any atom is -0.301 e. The van der Waals surface area contributed by atoms with Gasteiger partial charge in [0, 0.05) is 6.04 Å². The van der Waals surface area contributed by atoms with Crippen molar-refractivity contribution in [2.75, 3.05) is 13.1 Å². The van der Waals surface area contributed by atoms with Gasteiger partial charge in [-0.2, -0.15) is 0 Å². The largest absolute Gasteiger partial charge is 0.301 e. The quantitative estimate of drug-likeness (QED) is 0.747. The predicted octanol–water partition coefficient (Wildman–Crippen LogP) is 3.41. The van der Waals surface area contributed by atoms with Crippen molar-refractivity contribution in [2.24, 2.45) is 0 Å². The van der Waals surface area contributed by atoms with Gasteiger partial charge in [0.15, 0.2) is 0 Å². The Hall–Kier alpha value is -0.820. The van der Waals surface area contributed by atoms with Crippen LogP contribution < -0.4 is 0 Å². The highest BCUT2D eigenvalue weighted by Crippen LogP contribution is 2.17. The van der Waals surface area contributed by atoms with Crippen LogP contribution in [0.25, 0.3) is 0 Å². The van der Waals surface area contributed by atoms with Crippen LogP contribution in [0, 0.1) is 6.92 Å². The summed E-state index contributed by atoms with van der Waals surface area (Å²) in [6, 6.07) is 9.72. The number of benzene rings is 1. The first-order chi connectivity index (χ1) is 7.75. The van der Waals surface area contributed by atoms with Crippen LogP contribution in [-0.2, 0) is 6.42 Å². The number of nitrogens with zero attached hydrogens (tertiary/aromatic N) is 1. The van der Waals surface area contributed by atoms with Gasteiger partial charge in [-0.3, -0.25) is 0 Å². The van der Waals surface area contributed by atoms with Crippen molar-refractivity contribution in [1.82, 2.24) is 4.90 Å². The highest BCUT2D eigenvalue weighted by atomic mass is 15.2. The van der Waals surface area contributed by atoms with Gasteiger partial charge in [0.2, 0.25) is 0 Å². The number of rotatable bonds is 4. The third kappa shape index (κ3) is 3.08. The molecule has 0 amide bonds. The molecule has 1 heterocycles. The molecule has 1 aliphatic rings. The van der Waals surface area contributed by atoms with Gasteiger partial charge in [-0.05, 0) is 58.2 Å². The fourth-order valence-corrected chi connectivity index (χ4v) is 2.68. The molecule has 1 heteroatoms. The lowest BCUT2D eigenvalue weighted by molar-refractivity contribution is 0.265. The summed E-state index contributed by atoms with van der Waals surface area (Å²) >= 11 is 0. The second-order valence-electron chi connectivity index (χ2n) is 5.12. The molecule has 0 bridgehead atoms. The fraction of sp³-hybridized carbons (Fsp3) is 0.600. The Morgan fingerprint density at radius 1 is 1.38 bits per heavy atom. The Bertz CT molecular complexity index is 332. The van der Waals surface area contributed by atoms with Crippen LogP contribution in [0.4, 0.5) is 0 Å². The van der Waals surface area contributed by atoms with Crippen molar-refractivity contribution < 1.29 is 0 Å². The summed E-state index contributed by atoms with van der Waals surface area (Å²) in [5.74, 6) is 0. The number of aryl methyl sites for hydroxylation is 2. The Kier molecular flexibility index (Phi) is 4.00. The van der Waals surface area contributed by atoms with E-state index >= 15 is 0 Å². The molecule has 1 aromatic carbocycles. The lowest BCUT2D eigenvalue weighted by Gasteiger charge is -2.20. The topological polar surface area (TPSA) is 3.24 Å². The molecule has 0 spiro atoms. The van der Waals surface area contributed by atoms with Gasteiger partial charge in [0.25, 0.3) is 0 Å². The Labute approximate surface area is 99.5 Å². The molecule has 0 saturated carbocycles. The maximum Gasteiger partial charge on any atom is 0.00674 e. The van der Waals surface area contributed by atoms with Crippen molar-refractivity contribution in [3.05, 3.63) is 35.4 Å². The summed E-state index contributed by atoms with van der Waals surface area (Å²) in [5.41, 5.74) is 2.87. The van der Waals surface area contributed by atoms with Gasteiger partial charge in [-0.1, -0.05) is 29.8 Å². The van der Waals surface area contributed by atoms with Crippen LogP contribution in [0.3, 0.4) is 0 Å². The first kappa shape index (κ1) is 11.7. The molecule has 1 aliphatic heterocycles. The standard InChI is InChI=1S/C15H23N/c1-13-6-3-8-15(12-13)9-5-11-16-10-4-7-14(16)2/h3,6,8,12,14H,4-5,7,9-11H2,1-2H3/t14-/m1/s1. The molecule has 2 rings (SSSR count). The van der Waals surface area contributed by atoms with Gasteiger partial charge >= 0.3 is 0 Å². The summed E-state index contributed by atoms with van der Waals surface area (Å²) in [4.78, 5) is 2.63. The third-order valence-corrected chi connectivity index (χ3v) is 3.68. The van der Waals surface area contributed by atoms with Crippen LogP contribution in [0.2, 0.25) is 0 Å². The second kappa shape index (κ2) is 5.49. The summed E-state index contributed by atoms with van der Waals surface area (Å²) in [5, 5.41) is 0. The summed E-state index contributed by atoms with van der Waals surface area (Å²) in [7, 11) is 0. The highest BCUT2D eigenvalue weighted by Gasteiger charge is 2.18. The van der Waals surface area contributed by atoms with Crippen molar-refractivity contribution in [1.29, 1.82) is 0 Å². The van der Waals surface area contributed by atoms with Crippen LogP contribution >= 0.6 is 0 Å². The SMILES string of the molecule is Cc1cccc(CCCN2CCC[C@H]2C)c1. The third-order valence-electron chi connectivity index (χ3n) is 3.68. The van der Waals surface area contributed by atoms with Gasteiger partial charge in [0.05, 0.1) is 0 Å². The van der Waals surface area contributed by atoms with Crippen molar-refractivity contribution in [2.45, 2.75) is 45.6 Å². The van der Waals surface area contributed by atoms with Crippen molar-refractivity contribution in [3.8, 4) is 0 Å². The molecule has 0 radical (unpaired) electrons. The molecule has 88 valence electrons. The first-order valence-electron chi connectivity index (χ1n) is 6.55. The predicted molar refractivity (Wildman–Crippen MR) is 69.8 cm³/mol. The highest BCUT2D eigenvalue weighted by molar-refractivity contribution is 5.22. The summed E-state index contributed by atoms with van der Waals surface area (Å²) in [6.07, 6.45) is 5.31. The number of hydrogen-bond acceptors (Lipinski definition) is 1. The Morgan fingerprint density at radius 3 is 2.94 bits per heavy atom. The molecular formula is C15H23N. The normalized spacial score (nSPS) is 21.5. The maximum absolute atomic E-state index is 2.63. The molecule has 1 saturated heterocycles. The molecule has 16 heavy (non-hydrogen) atoms. The molecule has 0 aliphatic carbocycles. The molecule has 1 atom stereocenters. The lowest BCUT2D eigenvalue weighted by atomic mass is 10.1. The van der Waals surface area contributed by atoms with E-state index in [0.717, 1.165) is 6.04 Å². The minimum atomic E-state index is 0.817. The van der Waals surface area contributed by atoms with E-state index in [0.29, 0.717) is 0 Å². The van der Waals surface area contributed by atoms with Crippen LogP contribution in [0.1, 0.15) is 37.3 Å². The van der Waals surface area contributed by atoms with E-state index in [1.807, 2.05) is 0 Å². The molecule has 0 N–H and O–H groups in total. The van der Waals surface area contributed by atoms with E-state index in [9.17, 15) is 0 Å². The van der Waals surface area contributed by atoms with Crippen LogP contribution in [-0.4, -0.2) is 24.0 Å².